The van der Waals surface area contributed by atoms with Gasteiger partial charge in [-0.2, -0.15) is 0 Å². The molecule has 5 nitrogen and oxygen atoms in total. The summed E-state index contributed by atoms with van der Waals surface area (Å²) in [6, 6.07) is 0. The van der Waals surface area contributed by atoms with E-state index in [2.05, 4.69) is 9.97 Å². The van der Waals surface area contributed by atoms with Gasteiger partial charge in [0, 0.05) is 18.7 Å². The van der Waals surface area contributed by atoms with E-state index in [9.17, 15) is 9.18 Å². The molecule has 0 saturated heterocycles. The quantitative estimate of drug-likeness (QED) is 0.804. The zero-order valence-electron chi connectivity index (χ0n) is 8.43. The minimum Gasteiger partial charge on any atom is -0.478 e. The van der Waals surface area contributed by atoms with E-state index in [4.69, 9.17) is 5.11 Å². The van der Waals surface area contributed by atoms with Gasteiger partial charge in [0.25, 0.3) is 0 Å². The number of carbonyl (C=O) groups is 1. The molecule has 1 N–H and O–H groups in total. The Balaban J connectivity index is 2.09. The first-order chi connectivity index (χ1) is 7.66. The molecule has 2 heterocycles. The first-order valence-electron chi connectivity index (χ1n) is 4.81. The Morgan fingerprint density at radius 1 is 1.44 bits per heavy atom. The first kappa shape index (κ1) is 10.5. The summed E-state index contributed by atoms with van der Waals surface area (Å²) in [6.45, 7) is 0.969. The summed E-state index contributed by atoms with van der Waals surface area (Å²) >= 11 is 0. The molecule has 0 spiro atoms. The minimum atomic E-state index is -0.889. The van der Waals surface area contributed by atoms with Crippen LogP contribution in [0.25, 0.3) is 0 Å². The normalized spacial score (nSPS) is 15.8. The average Bonchev–Trinajstić information content (AvgIpc) is 2.30. The molecule has 0 atom stereocenters. The fourth-order valence-corrected chi connectivity index (χ4v) is 1.51. The summed E-state index contributed by atoms with van der Waals surface area (Å²) < 4.78 is 12.6. The summed E-state index contributed by atoms with van der Waals surface area (Å²) in [5.74, 6) is -0.954. The van der Waals surface area contributed by atoms with E-state index >= 15 is 0 Å². The average molecular weight is 223 g/mol. The van der Waals surface area contributed by atoms with Crippen LogP contribution in [0.4, 0.5) is 10.3 Å². The van der Waals surface area contributed by atoms with Crippen molar-refractivity contribution < 1.29 is 14.3 Å². The van der Waals surface area contributed by atoms with Gasteiger partial charge >= 0.3 is 5.97 Å². The highest BCUT2D eigenvalue weighted by Crippen LogP contribution is 2.15. The van der Waals surface area contributed by atoms with Gasteiger partial charge in [-0.3, -0.25) is 0 Å². The molecule has 0 aromatic carbocycles. The number of aliphatic carboxylic acids is 1. The van der Waals surface area contributed by atoms with Crippen LogP contribution >= 0.6 is 0 Å². The van der Waals surface area contributed by atoms with Crippen LogP contribution in [0.5, 0.6) is 0 Å². The maximum atomic E-state index is 12.6. The van der Waals surface area contributed by atoms with Gasteiger partial charge in [0.05, 0.1) is 12.4 Å². The third kappa shape index (κ3) is 2.16. The molecule has 1 aliphatic rings. The Labute approximate surface area is 91.2 Å². The number of aromatic nitrogens is 2. The summed E-state index contributed by atoms with van der Waals surface area (Å²) in [4.78, 5) is 20.1. The van der Waals surface area contributed by atoms with Gasteiger partial charge in [0.15, 0.2) is 5.82 Å². The molecular formula is C10H10FN3O2. The number of halogens is 1. The predicted octanol–water partition coefficient (Wildman–Crippen LogP) is 0.837. The fraction of sp³-hybridized carbons (Fsp3) is 0.300. The maximum absolute atomic E-state index is 12.6. The largest absolute Gasteiger partial charge is 0.478 e. The van der Waals surface area contributed by atoms with Crippen LogP contribution in [0.3, 0.4) is 0 Å². The number of carboxylic acid groups (broad SMARTS) is 1. The zero-order valence-corrected chi connectivity index (χ0v) is 8.43. The standard InChI is InChI=1S/C10H10FN3O2/c11-8-5-12-10(13-6-8)14-3-1-7(2-4-14)9(15)16/h1,5-6H,2-4H2,(H,15,16). The smallest absolute Gasteiger partial charge is 0.331 e. The molecule has 0 aliphatic carbocycles. The number of hydrogen-bond donors (Lipinski definition) is 1. The lowest BCUT2D eigenvalue weighted by molar-refractivity contribution is -0.132. The van der Waals surface area contributed by atoms with Gasteiger partial charge in [-0.25, -0.2) is 19.2 Å². The number of carboxylic acids is 1. The lowest BCUT2D eigenvalue weighted by Gasteiger charge is -2.24. The van der Waals surface area contributed by atoms with Crippen molar-refractivity contribution in [2.75, 3.05) is 18.0 Å². The molecule has 0 fully saturated rings. The number of nitrogens with zero attached hydrogens (tertiary/aromatic N) is 3. The van der Waals surface area contributed by atoms with Crippen molar-refractivity contribution in [1.82, 2.24) is 9.97 Å². The van der Waals surface area contributed by atoms with E-state index in [0.717, 1.165) is 12.4 Å². The van der Waals surface area contributed by atoms with Crippen LogP contribution in [0.2, 0.25) is 0 Å². The van der Waals surface area contributed by atoms with Crippen molar-refractivity contribution in [3.05, 3.63) is 29.9 Å². The maximum Gasteiger partial charge on any atom is 0.331 e. The van der Waals surface area contributed by atoms with E-state index in [0.29, 0.717) is 31.0 Å². The van der Waals surface area contributed by atoms with Crippen LogP contribution in [0.1, 0.15) is 6.42 Å². The lowest BCUT2D eigenvalue weighted by Crippen LogP contribution is -2.31. The Kier molecular flexibility index (Phi) is 2.80. The van der Waals surface area contributed by atoms with Crippen LogP contribution in [0.15, 0.2) is 24.0 Å². The Bertz CT molecular complexity index is 430. The highest BCUT2D eigenvalue weighted by Gasteiger charge is 2.17. The number of hydrogen-bond acceptors (Lipinski definition) is 4. The second-order valence-corrected chi connectivity index (χ2v) is 3.43. The highest BCUT2D eigenvalue weighted by atomic mass is 19.1. The van der Waals surface area contributed by atoms with E-state index in [1.165, 1.54) is 0 Å². The van der Waals surface area contributed by atoms with Crippen LogP contribution in [0, 0.1) is 5.82 Å². The number of anilines is 1. The topological polar surface area (TPSA) is 66.3 Å². The molecule has 0 radical (unpaired) electrons. The molecule has 1 aliphatic heterocycles. The molecule has 2 rings (SSSR count). The van der Waals surface area contributed by atoms with E-state index in [1.807, 2.05) is 0 Å². The van der Waals surface area contributed by atoms with Crippen molar-refractivity contribution >= 4 is 11.9 Å². The second kappa shape index (κ2) is 4.26. The van der Waals surface area contributed by atoms with E-state index in [-0.39, 0.29) is 0 Å². The minimum absolute atomic E-state index is 0.401. The highest BCUT2D eigenvalue weighted by molar-refractivity contribution is 5.87. The van der Waals surface area contributed by atoms with Crippen molar-refractivity contribution in [1.29, 1.82) is 0 Å². The summed E-state index contributed by atoms with van der Waals surface area (Å²) in [6.07, 6.45) is 4.26. The second-order valence-electron chi connectivity index (χ2n) is 3.43. The molecule has 1 aromatic heterocycles. The van der Waals surface area contributed by atoms with E-state index in [1.54, 1.807) is 11.0 Å². The Morgan fingerprint density at radius 2 is 2.12 bits per heavy atom. The Hall–Kier alpha value is -1.98. The van der Waals surface area contributed by atoms with Crippen molar-refractivity contribution in [3.8, 4) is 0 Å². The summed E-state index contributed by atoms with van der Waals surface area (Å²) in [5, 5.41) is 8.76. The summed E-state index contributed by atoms with van der Waals surface area (Å²) in [7, 11) is 0. The van der Waals surface area contributed by atoms with Crippen molar-refractivity contribution in [3.63, 3.8) is 0 Å². The van der Waals surface area contributed by atoms with Crippen molar-refractivity contribution in [2.45, 2.75) is 6.42 Å². The van der Waals surface area contributed by atoms with Crippen LogP contribution in [-0.2, 0) is 4.79 Å². The third-order valence-electron chi connectivity index (χ3n) is 2.37. The Morgan fingerprint density at radius 3 is 2.62 bits per heavy atom. The van der Waals surface area contributed by atoms with Gasteiger partial charge in [-0.1, -0.05) is 6.08 Å². The zero-order chi connectivity index (χ0) is 11.5. The van der Waals surface area contributed by atoms with Gasteiger partial charge in [-0.05, 0) is 6.42 Å². The van der Waals surface area contributed by atoms with Gasteiger partial charge in [-0.15, -0.1) is 0 Å². The fourth-order valence-electron chi connectivity index (χ4n) is 1.51. The van der Waals surface area contributed by atoms with Crippen molar-refractivity contribution in [2.24, 2.45) is 0 Å². The molecule has 0 amide bonds. The summed E-state index contributed by atoms with van der Waals surface area (Å²) in [5.41, 5.74) is 0.401. The van der Waals surface area contributed by atoms with Crippen LogP contribution < -0.4 is 4.90 Å². The van der Waals surface area contributed by atoms with Crippen LogP contribution in [-0.4, -0.2) is 34.1 Å². The van der Waals surface area contributed by atoms with Gasteiger partial charge in [0.1, 0.15) is 0 Å². The third-order valence-corrected chi connectivity index (χ3v) is 2.37. The molecule has 0 bridgehead atoms. The first-order valence-corrected chi connectivity index (χ1v) is 4.81. The SMILES string of the molecule is O=C(O)C1=CCN(c2ncc(F)cn2)CC1. The molecule has 0 saturated carbocycles. The van der Waals surface area contributed by atoms with Gasteiger partial charge < -0.3 is 10.0 Å². The number of rotatable bonds is 2. The molecule has 0 unspecified atom stereocenters. The lowest BCUT2D eigenvalue weighted by atomic mass is 10.1. The molecule has 84 valence electrons. The molecular weight excluding hydrogens is 213 g/mol. The molecule has 6 heteroatoms. The van der Waals surface area contributed by atoms with Gasteiger partial charge in [0.2, 0.25) is 5.95 Å². The predicted molar refractivity (Wildman–Crippen MR) is 54.5 cm³/mol. The van der Waals surface area contributed by atoms with E-state index < -0.39 is 11.8 Å². The molecule has 1 aromatic rings. The monoisotopic (exact) mass is 223 g/mol. The molecule has 16 heavy (non-hydrogen) atoms.